The quantitative estimate of drug-likeness (QED) is 0.385. The number of hydrogen-bond donors (Lipinski definition) is 2. The maximum atomic E-state index is 9.29. The highest BCUT2D eigenvalue weighted by Crippen LogP contribution is 2.37. The molecule has 3 aromatic rings. The molecular formula is C27H32N4O3. The molecule has 0 atom stereocenters. The number of furan rings is 1. The van der Waals surface area contributed by atoms with Crippen LogP contribution < -0.4 is 5.32 Å². The average molecular weight is 461 g/mol. The predicted molar refractivity (Wildman–Crippen MR) is 132 cm³/mol. The number of ether oxygens (including phenoxy) is 1. The summed E-state index contributed by atoms with van der Waals surface area (Å²) >= 11 is 0. The summed E-state index contributed by atoms with van der Waals surface area (Å²) in [5.41, 5.74) is 6.18. The van der Waals surface area contributed by atoms with E-state index in [0.717, 1.165) is 91.3 Å². The molecule has 7 nitrogen and oxygen atoms in total. The SMILES string of the molecule is COCCN(Cc1cc(-c2ccncc2)c(-c2ccc3c(c2)CCC3=NO)o1)C1CCNCC1. The van der Waals surface area contributed by atoms with Gasteiger partial charge in [-0.15, -0.1) is 0 Å². The van der Waals surface area contributed by atoms with Gasteiger partial charge in [0, 0.05) is 48.8 Å². The molecule has 1 aromatic carbocycles. The standard InChI is InChI=1S/C27H32N4O3/c1-33-15-14-31(22-8-12-29-13-9-22)18-23-17-25(19-6-10-28-11-7-19)27(34-23)21-2-4-24-20(16-21)3-5-26(24)30-32/h2,4,6-7,10-11,16-17,22,29,32H,3,5,8-9,12-15,18H2,1H3. The monoisotopic (exact) mass is 460 g/mol. The summed E-state index contributed by atoms with van der Waals surface area (Å²) in [6, 6.07) is 13.0. The Morgan fingerprint density at radius 2 is 1.91 bits per heavy atom. The molecule has 0 saturated carbocycles. The molecule has 2 aliphatic rings. The Bertz CT molecular complexity index is 1140. The lowest BCUT2D eigenvalue weighted by Crippen LogP contribution is -2.44. The molecule has 1 saturated heterocycles. The molecule has 0 radical (unpaired) electrons. The maximum absolute atomic E-state index is 9.29. The highest BCUT2D eigenvalue weighted by atomic mass is 16.5. The summed E-state index contributed by atoms with van der Waals surface area (Å²) < 4.78 is 12.0. The Kier molecular flexibility index (Phi) is 7.04. The van der Waals surface area contributed by atoms with E-state index in [-0.39, 0.29) is 0 Å². The first kappa shape index (κ1) is 22.8. The minimum atomic E-state index is 0.519. The average Bonchev–Trinajstić information content (AvgIpc) is 3.51. The van der Waals surface area contributed by atoms with E-state index in [1.165, 1.54) is 5.56 Å². The van der Waals surface area contributed by atoms with E-state index in [2.05, 4.69) is 38.6 Å². The van der Waals surface area contributed by atoms with Gasteiger partial charge in [-0.2, -0.15) is 0 Å². The first-order valence-electron chi connectivity index (χ1n) is 12.1. The van der Waals surface area contributed by atoms with Crippen LogP contribution >= 0.6 is 0 Å². The van der Waals surface area contributed by atoms with Crippen LogP contribution in [-0.2, 0) is 17.7 Å². The molecule has 3 heterocycles. The third kappa shape index (κ3) is 4.78. The van der Waals surface area contributed by atoms with Crippen molar-refractivity contribution in [2.45, 2.75) is 38.3 Å². The summed E-state index contributed by atoms with van der Waals surface area (Å²) in [6.45, 7) is 4.43. The lowest BCUT2D eigenvalue weighted by atomic mass is 9.99. The van der Waals surface area contributed by atoms with Crippen LogP contribution in [-0.4, -0.2) is 60.2 Å². The number of hydrogen-bond acceptors (Lipinski definition) is 7. The summed E-state index contributed by atoms with van der Waals surface area (Å²) in [7, 11) is 1.76. The van der Waals surface area contributed by atoms with Gasteiger partial charge in [-0.05, 0) is 74.2 Å². The number of aryl methyl sites for hydroxylation is 1. The highest BCUT2D eigenvalue weighted by Gasteiger charge is 2.25. The molecule has 34 heavy (non-hydrogen) atoms. The Balaban J connectivity index is 1.50. The number of rotatable bonds is 8. The molecule has 1 fully saturated rings. The van der Waals surface area contributed by atoms with Crippen molar-refractivity contribution in [3.05, 3.63) is 65.7 Å². The Morgan fingerprint density at radius 3 is 2.68 bits per heavy atom. The Morgan fingerprint density at radius 1 is 1.09 bits per heavy atom. The fourth-order valence-electron chi connectivity index (χ4n) is 5.17. The zero-order chi connectivity index (χ0) is 23.3. The van der Waals surface area contributed by atoms with Crippen LogP contribution in [0, 0.1) is 0 Å². The molecule has 7 heteroatoms. The van der Waals surface area contributed by atoms with E-state index in [1.54, 1.807) is 7.11 Å². The van der Waals surface area contributed by atoms with E-state index >= 15 is 0 Å². The van der Waals surface area contributed by atoms with Crippen LogP contribution in [0.1, 0.15) is 36.1 Å². The van der Waals surface area contributed by atoms with Crippen molar-refractivity contribution in [1.82, 2.24) is 15.2 Å². The number of pyridine rings is 1. The zero-order valence-corrected chi connectivity index (χ0v) is 19.7. The van der Waals surface area contributed by atoms with Gasteiger partial charge >= 0.3 is 0 Å². The van der Waals surface area contributed by atoms with Crippen molar-refractivity contribution >= 4 is 5.71 Å². The topological polar surface area (TPSA) is 83.1 Å². The van der Waals surface area contributed by atoms with E-state index in [9.17, 15) is 5.21 Å². The number of fused-ring (bicyclic) bond motifs is 1. The number of oxime groups is 1. The van der Waals surface area contributed by atoms with Gasteiger partial charge in [0.2, 0.25) is 0 Å². The van der Waals surface area contributed by atoms with E-state index in [4.69, 9.17) is 9.15 Å². The van der Waals surface area contributed by atoms with Gasteiger partial charge in [0.15, 0.2) is 0 Å². The minimum Gasteiger partial charge on any atom is -0.459 e. The Labute approximate surface area is 200 Å². The summed E-state index contributed by atoms with van der Waals surface area (Å²) in [4.78, 5) is 6.69. The second-order valence-corrected chi connectivity index (χ2v) is 9.05. The molecule has 2 aromatic heterocycles. The second kappa shape index (κ2) is 10.5. The summed E-state index contributed by atoms with van der Waals surface area (Å²) in [5, 5.41) is 16.2. The van der Waals surface area contributed by atoms with Crippen LogP contribution in [0.3, 0.4) is 0 Å². The predicted octanol–water partition coefficient (Wildman–Crippen LogP) is 4.33. The minimum absolute atomic E-state index is 0.519. The van der Waals surface area contributed by atoms with Gasteiger partial charge in [0.25, 0.3) is 0 Å². The van der Waals surface area contributed by atoms with E-state index in [0.29, 0.717) is 12.6 Å². The maximum Gasteiger partial charge on any atom is 0.142 e. The van der Waals surface area contributed by atoms with Crippen LogP contribution in [0.15, 0.2) is 58.4 Å². The van der Waals surface area contributed by atoms with Crippen LogP contribution in [0.2, 0.25) is 0 Å². The first-order valence-corrected chi connectivity index (χ1v) is 12.1. The largest absolute Gasteiger partial charge is 0.459 e. The van der Waals surface area contributed by atoms with Crippen molar-refractivity contribution in [3.8, 4) is 22.5 Å². The normalized spacial score (nSPS) is 17.5. The molecule has 1 aliphatic heterocycles. The van der Waals surface area contributed by atoms with Crippen LogP contribution in [0.25, 0.3) is 22.5 Å². The molecule has 178 valence electrons. The first-order chi connectivity index (χ1) is 16.8. The van der Waals surface area contributed by atoms with Gasteiger partial charge in [0.1, 0.15) is 11.5 Å². The number of methoxy groups -OCH3 is 1. The summed E-state index contributed by atoms with van der Waals surface area (Å²) in [6.07, 6.45) is 7.54. The number of aromatic nitrogens is 1. The lowest BCUT2D eigenvalue weighted by molar-refractivity contribution is 0.0941. The van der Waals surface area contributed by atoms with Gasteiger partial charge in [-0.1, -0.05) is 17.3 Å². The highest BCUT2D eigenvalue weighted by molar-refractivity contribution is 6.04. The zero-order valence-electron chi connectivity index (χ0n) is 19.7. The van der Waals surface area contributed by atoms with Crippen molar-refractivity contribution in [3.63, 3.8) is 0 Å². The molecular weight excluding hydrogens is 428 g/mol. The number of nitrogens with zero attached hydrogens (tertiary/aromatic N) is 3. The fraction of sp³-hybridized carbons (Fsp3) is 0.407. The molecule has 1 aliphatic carbocycles. The van der Waals surface area contributed by atoms with Gasteiger partial charge in [-0.3, -0.25) is 9.88 Å². The third-order valence-corrected chi connectivity index (χ3v) is 6.97. The lowest BCUT2D eigenvalue weighted by Gasteiger charge is -2.33. The molecule has 2 N–H and O–H groups in total. The fourth-order valence-corrected chi connectivity index (χ4v) is 5.17. The van der Waals surface area contributed by atoms with Gasteiger partial charge < -0.3 is 19.7 Å². The van der Waals surface area contributed by atoms with Crippen molar-refractivity contribution < 1.29 is 14.4 Å². The Hall–Kier alpha value is -3.00. The van der Waals surface area contributed by atoms with Gasteiger partial charge in [-0.25, -0.2) is 0 Å². The molecule has 0 amide bonds. The summed E-state index contributed by atoms with van der Waals surface area (Å²) in [5.74, 6) is 1.82. The van der Waals surface area contributed by atoms with Gasteiger partial charge in [0.05, 0.1) is 18.9 Å². The molecule has 5 rings (SSSR count). The van der Waals surface area contributed by atoms with Crippen molar-refractivity contribution in [2.24, 2.45) is 5.16 Å². The van der Waals surface area contributed by atoms with Crippen LogP contribution in [0.4, 0.5) is 0 Å². The van der Waals surface area contributed by atoms with Crippen molar-refractivity contribution in [2.75, 3.05) is 33.4 Å². The molecule has 0 spiro atoms. The molecule has 0 bridgehead atoms. The van der Waals surface area contributed by atoms with Crippen molar-refractivity contribution in [1.29, 1.82) is 0 Å². The van der Waals surface area contributed by atoms with E-state index < -0.39 is 0 Å². The number of benzene rings is 1. The number of nitrogens with one attached hydrogen (secondary N) is 1. The third-order valence-electron chi connectivity index (χ3n) is 6.97. The van der Waals surface area contributed by atoms with Crippen LogP contribution in [0.5, 0.6) is 0 Å². The smallest absolute Gasteiger partial charge is 0.142 e. The number of piperidine rings is 1. The molecule has 0 unspecified atom stereocenters. The van der Waals surface area contributed by atoms with E-state index in [1.807, 2.05) is 30.6 Å². The second-order valence-electron chi connectivity index (χ2n) is 9.05.